The number of anilines is 2. The number of aryl methyl sites for hydroxylation is 1. The lowest BCUT2D eigenvalue weighted by Gasteiger charge is -2.26. The van der Waals surface area contributed by atoms with Gasteiger partial charge < -0.3 is 9.84 Å². The lowest BCUT2D eigenvalue weighted by atomic mass is 9.76. The average molecular weight is 270 g/mol. The molecule has 0 spiro atoms. The Morgan fingerprint density at radius 2 is 1.90 bits per heavy atom. The standard InChI is InChI=1S/C16H18N2O2/c1-10-4-6-11(7-5-10)17-15-14-12(18-20-15)8-16(2,3)9-13(14)19/h4-7,17H,8-9H2,1-3H3. The van der Waals surface area contributed by atoms with Gasteiger partial charge in [0, 0.05) is 12.1 Å². The molecule has 1 aromatic carbocycles. The first kappa shape index (κ1) is 12.9. The van der Waals surface area contributed by atoms with Gasteiger partial charge in [-0.3, -0.25) is 4.79 Å². The van der Waals surface area contributed by atoms with Crippen LogP contribution in [0, 0.1) is 12.3 Å². The number of hydrogen-bond acceptors (Lipinski definition) is 4. The van der Waals surface area contributed by atoms with E-state index >= 15 is 0 Å². The molecule has 0 bridgehead atoms. The van der Waals surface area contributed by atoms with Crippen LogP contribution in [-0.2, 0) is 6.42 Å². The van der Waals surface area contributed by atoms with Crippen LogP contribution in [0.25, 0.3) is 0 Å². The molecule has 0 radical (unpaired) electrons. The number of Topliss-reactive ketones (excluding diaryl/α,β-unsaturated/α-hetero) is 1. The zero-order chi connectivity index (χ0) is 14.3. The number of ketones is 1. The van der Waals surface area contributed by atoms with E-state index in [2.05, 4.69) is 24.3 Å². The minimum atomic E-state index is -0.0396. The highest BCUT2D eigenvalue weighted by Gasteiger charge is 2.36. The van der Waals surface area contributed by atoms with Gasteiger partial charge in [0.2, 0.25) is 5.88 Å². The van der Waals surface area contributed by atoms with Crippen LogP contribution in [-0.4, -0.2) is 10.9 Å². The van der Waals surface area contributed by atoms with Crippen molar-refractivity contribution in [3.05, 3.63) is 41.1 Å². The van der Waals surface area contributed by atoms with Gasteiger partial charge in [-0.15, -0.1) is 0 Å². The van der Waals surface area contributed by atoms with E-state index < -0.39 is 0 Å². The van der Waals surface area contributed by atoms with Crippen LogP contribution >= 0.6 is 0 Å². The number of nitrogens with zero attached hydrogens (tertiary/aromatic N) is 1. The van der Waals surface area contributed by atoms with Gasteiger partial charge in [0.05, 0.1) is 5.69 Å². The number of carbonyl (C=O) groups is 1. The fraction of sp³-hybridized carbons (Fsp3) is 0.375. The molecule has 1 N–H and O–H groups in total. The van der Waals surface area contributed by atoms with Crippen LogP contribution in [0.3, 0.4) is 0 Å². The molecule has 1 heterocycles. The highest BCUT2D eigenvalue weighted by molar-refractivity contribution is 6.03. The summed E-state index contributed by atoms with van der Waals surface area (Å²) in [6.45, 7) is 6.19. The van der Waals surface area contributed by atoms with Crippen molar-refractivity contribution in [3.8, 4) is 0 Å². The second kappa shape index (κ2) is 4.47. The Hall–Kier alpha value is -2.10. The molecule has 104 valence electrons. The molecule has 0 saturated carbocycles. The molecule has 1 aromatic heterocycles. The van der Waals surface area contributed by atoms with Gasteiger partial charge in [0.1, 0.15) is 5.56 Å². The van der Waals surface area contributed by atoms with Crippen LogP contribution in [0.5, 0.6) is 0 Å². The maximum Gasteiger partial charge on any atom is 0.240 e. The first-order chi connectivity index (χ1) is 9.44. The molecule has 2 aromatic rings. The van der Waals surface area contributed by atoms with E-state index in [9.17, 15) is 4.79 Å². The van der Waals surface area contributed by atoms with Crippen molar-refractivity contribution in [1.29, 1.82) is 0 Å². The first-order valence-corrected chi connectivity index (χ1v) is 6.80. The van der Waals surface area contributed by atoms with Crippen LogP contribution in [0.1, 0.15) is 41.9 Å². The second-order valence-corrected chi connectivity index (χ2v) is 6.27. The summed E-state index contributed by atoms with van der Waals surface area (Å²) in [4.78, 5) is 12.3. The van der Waals surface area contributed by atoms with Gasteiger partial charge in [0.25, 0.3) is 0 Å². The third kappa shape index (κ3) is 2.33. The van der Waals surface area contributed by atoms with Crippen molar-refractivity contribution in [1.82, 2.24) is 5.16 Å². The van der Waals surface area contributed by atoms with Gasteiger partial charge >= 0.3 is 0 Å². The predicted molar refractivity (Wildman–Crippen MR) is 77.4 cm³/mol. The van der Waals surface area contributed by atoms with E-state index in [4.69, 9.17) is 4.52 Å². The quantitative estimate of drug-likeness (QED) is 0.899. The fourth-order valence-corrected chi connectivity index (χ4v) is 2.62. The largest absolute Gasteiger partial charge is 0.337 e. The topological polar surface area (TPSA) is 55.1 Å². The van der Waals surface area contributed by atoms with Crippen molar-refractivity contribution < 1.29 is 9.32 Å². The van der Waals surface area contributed by atoms with Gasteiger partial charge in [-0.1, -0.05) is 36.7 Å². The van der Waals surface area contributed by atoms with Crippen molar-refractivity contribution in [2.75, 3.05) is 5.32 Å². The summed E-state index contributed by atoms with van der Waals surface area (Å²) in [7, 11) is 0. The fourth-order valence-electron chi connectivity index (χ4n) is 2.62. The van der Waals surface area contributed by atoms with E-state index in [1.165, 1.54) is 5.56 Å². The Bertz CT molecular complexity index is 654. The summed E-state index contributed by atoms with van der Waals surface area (Å²) in [5.41, 5.74) is 3.42. The molecule has 0 fully saturated rings. The van der Waals surface area contributed by atoms with E-state index in [-0.39, 0.29) is 11.2 Å². The van der Waals surface area contributed by atoms with Crippen LogP contribution < -0.4 is 5.32 Å². The second-order valence-electron chi connectivity index (χ2n) is 6.27. The SMILES string of the molecule is Cc1ccc(Nc2onc3c2C(=O)CC(C)(C)C3)cc1. The third-order valence-electron chi connectivity index (χ3n) is 3.64. The Balaban J connectivity index is 1.92. The molecule has 0 unspecified atom stereocenters. The number of rotatable bonds is 2. The van der Waals surface area contributed by atoms with E-state index in [1.807, 2.05) is 31.2 Å². The molecule has 1 aliphatic carbocycles. The molecule has 0 aliphatic heterocycles. The third-order valence-corrected chi connectivity index (χ3v) is 3.64. The lowest BCUT2D eigenvalue weighted by Crippen LogP contribution is -2.26. The maximum atomic E-state index is 12.3. The monoisotopic (exact) mass is 270 g/mol. The zero-order valence-electron chi connectivity index (χ0n) is 12.0. The van der Waals surface area contributed by atoms with Crippen LogP contribution in [0.2, 0.25) is 0 Å². The molecule has 4 nitrogen and oxygen atoms in total. The molecular formula is C16H18N2O2. The highest BCUT2D eigenvalue weighted by atomic mass is 16.5. The number of aromatic nitrogens is 1. The minimum Gasteiger partial charge on any atom is -0.337 e. The highest BCUT2D eigenvalue weighted by Crippen LogP contribution is 2.38. The smallest absolute Gasteiger partial charge is 0.240 e. The number of hydrogen-bond donors (Lipinski definition) is 1. The van der Waals surface area contributed by atoms with Crippen LogP contribution in [0.15, 0.2) is 28.8 Å². The molecule has 4 heteroatoms. The summed E-state index contributed by atoms with van der Waals surface area (Å²) < 4.78 is 5.33. The Morgan fingerprint density at radius 3 is 2.60 bits per heavy atom. The average Bonchev–Trinajstić information content (AvgIpc) is 2.73. The summed E-state index contributed by atoms with van der Waals surface area (Å²) in [5.74, 6) is 0.566. The van der Waals surface area contributed by atoms with Gasteiger partial charge in [-0.2, -0.15) is 0 Å². The van der Waals surface area contributed by atoms with E-state index in [0.717, 1.165) is 17.8 Å². The number of nitrogens with one attached hydrogen (secondary N) is 1. The normalized spacial score (nSPS) is 16.9. The molecular weight excluding hydrogens is 252 g/mol. The van der Waals surface area contributed by atoms with Gasteiger partial charge in [-0.25, -0.2) is 0 Å². The molecule has 0 amide bonds. The maximum absolute atomic E-state index is 12.3. The summed E-state index contributed by atoms with van der Waals surface area (Å²) in [6.07, 6.45) is 1.30. The van der Waals surface area contributed by atoms with Crippen molar-refractivity contribution in [2.45, 2.75) is 33.6 Å². The molecule has 1 aliphatic rings. The lowest BCUT2D eigenvalue weighted by molar-refractivity contribution is 0.0912. The summed E-state index contributed by atoms with van der Waals surface area (Å²) in [6, 6.07) is 7.94. The summed E-state index contributed by atoms with van der Waals surface area (Å²) in [5, 5.41) is 7.21. The zero-order valence-corrected chi connectivity index (χ0v) is 12.0. The van der Waals surface area contributed by atoms with Gasteiger partial charge in [-0.05, 0) is 30.9 Å². The Kier molecular flexibility index (Phi) is 2.89. The molecule has 0 saturated heterocycles. The number of carbonyl (C=O) groups excluding carboxylic acids is 1. The van der Waals surface area contributed by atoms with Crippen molar-refractivity contribution >= 4 is 17.4 Å². The Labute approximate surface area is 118 Å². The molecule has 20 heavy (non-hydrogen) atoms. The number of fused-ring (bicyclic) bond motifs is 1. The summed E-state index contributed by atoms with van der Waals surface area (Å²) >= 11 is 0. The van der Waals surface area contributed by atoms with Gasteiger partial charge in [0.15, 0.2) is 5.78 Å². The van der Waals surface area contributed by atoms with Crippen molar-refractivity contribution in [3.63, 3.8) is 0 Å². The van der Waals surface area contributed by atoms with E-state index in [1.54, 1.807) is 0 Å². The first-order valence-electron chi connectivity index (χ1n) is 6.80. The van der Waals surface area contributed by atoms with Crippen LogP contribution in [0.4, 0.5) is 11.6 Å². The number of benzene rings is 1. The minimum absolute atomic E-state index is 0.0396. The van der Waals surface area contributed by atoms with E-state index in [0.29, 0.717) is 17.9 Å². The predicted octanol–water partition coefficient (Wildman–Crippen LogP) is 3.88. The molecule has 0 atom stereocenters. The van der Waals surface area contributed by atoms with Crippen molar-refractivity contribution in [2.24, 2.45) is 5.41 Å². The molecule has 3 rings (SSSR count). The Morgan fingerprint density at radius 1 is 1.20 bits per heavy atom.